The monoisotopic (exact) mass is 267 g/mol. The van der Waals surface area contributed by atoms with E-state index in [4.69, 9.17) is 9.47 Å². The van der Waals surface area contributed by atoms with E-state index < -0.39 is 0 Å². The van der Waals surface area contributed by atoms with Gasteiger partial charge >= 0.3 is 0 Å². The van der Waals surface area contributed by atoms with E-state index in [0.29, 0.717) is 24.4 Å². The van der Waals surface area contributed by atoms with Gasteiger partial charge in [-0.3, -0.25) is 9.48 Å². The van der Waals surface area contributed by atoms with Gasteiger partial charge in [0.25, 0.3) is 0 Å². The number of hydrogen-bond donors (Lipinski definition) is 1. The lowest BCUT2D eigenvalue weighted by molar-refractivity contribution is 0.0904. The molecule has 2 heterocycles. The summed E-state index contributed by atoms with van der Waals surface area (Å²) in [6.07, 6.45) is 2.37. The number of carbonyl (C=O) groups is 1. The van der Waals surface area contributed by atoms with Crippen LogP contribution in [0.2, 0.25) is 0 Å². The predicted molar refractivity (Wildman–Crippen MR) is 70.7 cm³/mol. The smallest absolute Gasteiger partial charge is 0.201 e. The fourth-order valence-corrected chi connectivity index (χ4v) is 2.37. The third-order valence-corrected chi connectivity index (χ3v) is 3.44. The molecular formula is C13H21N3O3. The molecule has 1 saturated heterocycles. The number of ether oxygens (including phenoxy) is 2. The molecule has 2 unspecified atom stereocenters. The summed E-state index contributed by atoms with van der Waals surface area (Å²) in [4.78, 5) is 12.6. The molecule has 0 bridgehead atoms. The molecule has 1 aliphatic rings. The van der Waals surface area contributed by atoms with Gasteiger partial charge in [-0.15, -0.1) is 0 Å². The minimum absolute atomic E-state index is 0.0163. The first kappa shape index (κ1) is 14.0. The van der Waals surface area contributed by atoms with E-state index in [-0.39, 0.29) is 24.0 Å². The first-order valence-corrected chi connectivity index (χ1v) is 6.50. The Balaban J connectivity index is 2.25. The molecule has 6 nitrogen and oxygen atoms in total. The molecule has 1 aromatic heterocycles. The highest BCUT2D eigenvalue weighted by atomic mass is 16.5. The van der Waals surface area contributed by atoms with Crippen molar-refractivity contribution in [3.63, 3.8) is 0 Å². The highest BCUT2D eigenvalue weighted by molar-refractivity contribution is 6.01. The van der Waals surface area contributed by atoms with Gasteiger partial charge in [-0.2, -0.15) is 5.10 Å². The molecule has 1 aromatic rings. The van der Waals surface area contributed by atoms with Gasteiger partial charge in [0.2, 0.25) is 5.78 Å². The van der Waals surface area contributed by atoms with E-state index in [0.717, 1.165) is 0 Å². The predicted octanol–water partition coefficient (Wildman–Crippen LogP) is 1.03. The Labute approximate surface area is 113 Å². The Morgan fingerprint density at radius 1 is 1.53 bits per heavy atom. The van der Waals surface area contributed by atoms with E-state index >= 15 is 0 Å². The summed E-state index contributed by atoms with van der Waals surface area (Å²) in [5.74, 6) is 0.545. The van der Waals surface area contributed by atoms with Crippen molar-refractivity contribution < 1.29 is 14.3 Å². The van der Waals surface area contributed by atoms with Crippen LogP contribution >= 0.6 is 0 Å². The third kappa shape index (κ3) is 2.64. The minimum atomic E-state index is -0.229. The summed E-state index contributed by atoms with van der Waals surface area (Å²) < 4.78 is 12.2. The van der Waals surface area contributed by atoms with Gasteiger partial charge in [0.05, 0.1) is 25.5 Å². The van der Waals surface area contributed by atoms with Crippen LogP contribution in [0.5, 0.6) is 5.75 Å². The van der Waals surface area contributed by atoms with E-state index in [2.05, 4.69) is 10.4 Å². The van der Waals surface area contributed by atoms with Crippen molar-refractivity contribution in [1.82, 2.24) is 15.1 Å². The number of nitrogens with one attached hydrogen (secondary N) is 1. The maximum atomic E-state index is 12.6. The molecule has 2 rings (SSSR count). The molecule has 1 N–H and O–H groups in total. The average Bonchev–Trinajstić information content (AvgIpc) is 3.03. The fraction of sp³-hybridized carbons (Fsp3) is 0.692. The van der Waals surface area contributed by atoms with Crippen LogP contribution in [-0.4, -0.2) is 48.5 Å². The lowest BCUT2D eigenvalue weighted by Crippen LogP contribution is -2.32. The summed E-state index contributed by atoms with van der Waals surface area (Å²) in [6, 6.07) is -0.115. The number of aromatic nitrogens is 2. The van der Waals surface area contributed by atoms with Crippen LogP contribution in [0.3, 0.4) is 0 Å². The largest absolute Gasteiger partial charge is 0.493 e. The van der Waals surface area contributed by atoms with Gasteiger partial charge < -0.3 is 14.8 Å². The SMILES string of the molecule is COc1cnn(C(C)C)c1C(=O)C1CC(OC)CN1. The Bertz CT molecular complexity index is 456. The second-order valence-corrected chi connectivity index (χ2v) is 5.02. The Hall–Kier alpha value is -1.40. The van der Waals surface area contributed by atoms with Crippen molar-refractivity contribution in [3.8, 4) is 5.75 Å². The maximum absolute atomic E-state index is 12.6. The van der Waals surface area contributed by atoms with Crippen molar-refractivity contribution in [2.24, 2.45) is 0 Å². The van der Waals surface area contributed by atoms with Crippen LogP contribution in [-0.2, 0) is 4.74 Å². The summed E-state index contributed by atoms with van der Waals surface area (Å²) >= 11 is 0. The highest BCUT2D eigenvalue weighted by Crippen LogP contribution is 2.25. The van der Waals surface area contributed by atoms with E-state index in [1.54, 1.807) is 25.1 Å². The number of ketones is 1. The number of rotatable bonds is 5. The van der Waals surface area contributed by atoms with Gasteiger partial charge in [0, 0.05) is 19.7 Å². The van der Waals surface area contributed by atoms with Crippen LogP contribution in [0.15, 0.2) is 6.20 Å². The Kier molecular flexibility index (Phi) is 4.21. The van der Waals surface area contributed by atoms with Crippen molar-refractivity contribution in [3.05, 3.63) is 11.9 Å². The third-order valence-electron chi connectivity index (χ3n) is 3.44. The van der Waals surface area contributed by atoms with Crippen LogP contribution in [0.1, 0.15) is 36.8 Å². The molecule has 2 atom stereocenters. The van der Waals surface area contributed by atoms with Crippen molar-refractivity contribution in [1.29, 1.82) is 0 Å². The molecule has 1 fully saturated rings. The van der Waals surface area contributed by atoms with E-state index in [1.165, 1.54) is 0 Å². The van der Waals surface area contributed by atoms with Crippen LogP contribution < -0.4 is 10.1 Å². The molecule has 106 valence electrons. The molecule has 6 heteroatoms. The van der Waals surface area contributed by atoms with Gasteiger partial charge in [-0.25, -0.2) is 0 Å². The Morgan fingerprint density at radius 2 is 2.26 bits per heavy atom. The summed E-state index contributed by atoms with van der Waals surface area (Å²) in [6.45, 7) is 4.68. The van der Waals surface area contributed by atoms with Gasteiger partial charge in [-0.05, 0) is 20.3 Å². The van der Waals surface area contributed by atoms with Crippen molar-refractivity contribution >= 4 is 5.78 Å². The van der Waals surface area contributed by atoms with E-state index in [9.17, 15) is 4.79 Å². The number of hydrogen-bond acceptors (Lipinski definition) is 5. The summed E-state index contributed by atoms with van der Waals surface area (Å²) in [7, 11) is 3.22. The zero-order chi connectivity index (χ0) is 14.0. The standard InChI is InChI=1S/C13H21N3O3/c1-8(2)16-12(11(19-4)7-15-16)13(17)10-5-9(18-3)6-14-10/h7-10,14H,5-6H2,1-4H3. The van der Waals surface area contributed by atoms with Crippen molar-refractivity contribution in [2.75, 3.05) is 20.8 Å². The zero-order valence-corrected chi connectivity index (χ0v) is 11.8. The normalized spacial score (nSPS) is 23.0. The van der Waals surface area contributed by atoms with Gasteiger partial charge in [0.1, 0.15) is 5.69 Å². The average molecular weight is 267 g/mol. The van der Waals surface area contributed by atoms with Crippen LogP contribution in [0.4, 0.5) is 0 Å². The topological polar surface area (TPSA) is 65.4 Å². The van der Waals surface area contributed by atoms with Crippen molar-refractivity contribution in [2.45, 2.75) is 38.5 Å². The van der Waals surface area contributed by atoms with Gasteiger partial charge in [-0.1, -0.05) is 0 Å². The summed E-state index contributed by atoms with van der Waals surface area (Å²) in [5, 5.41) is 7.42. The van der Waals surface area contributed by atoms with E-state index in [1.807, 2.05) is 13.8 Å². The molecule has 0 saturated carbocycles. The zero-order valence-electron chi connectivity index (χ0n) is 11.8. The first-order valence-electron chi connectivity index (χ1n) is 6.50. The second-order valence-electron chi connectivity index (χ2n) is 5.02. The number of nitrogens with zero attached hydrogens (tertiary/aromatic N) is 2. The minimum Gasteiger partial charge on any atom is -0.493 e. The molecular weight excluding hydrogens is 246 g/mol. The fourth-order valence-electron chi connectivity index (χ4n) is 2.37. The quantitative estimate of drug-likeness (QED) is 0.807. The molecule has 0 amide bonds. The molecule has 0 spiro atoms. The van der Waals surface area contributed by atoms with Crippen LogP contribution in [0, 0.1) is 0 Å². The number of carbonyl (C=O) groups excluding carboxylic acids is 1. The first-order chi connectivity index (χ1) is 9.08. The summed E-state index contributed by atoms with van der Waals surface area (Å²) in [5.41, 5.74) is 0.534. The lowest BCUT2D eigenvalue weighted by atomic mass is 10.1. The second kappa shape index (κ2) is 5.71. The van der Waals surface area contributed by atoms with Crippen LogP contribution in [0.25, 0.3) is 0 Å². The molecule has 19 heavy (non-hydrogen) atoms. The highest BCUT2D eigenvalue weighted by Gasteiger charge is 2.33. The maximum Gasteiger partial charge on any atom is 0.201 e. The molecule has 1 aliphatic heterocycles. The van der Waals surface area contributed by atoms with Gasteiger partial charge in [0.15, 0.2) is 5.75 Å². The number of methoxy groups -OCH3 is 2. The lowest BCUT2D eigenvalue weighted by Gasteiger charge is -2.14. The molecule has 0 aliphatic carbocycles. The number of Topliss-reactive ketones (excluding diaryl/α,β-unsaturated/α-hetero) is 1. The Morgan fingerprint density at radius 3 is 2.79 bits per heavy atom. The molecule has 0 radical (unpaired) electrons. The molecule has 0 aromatic carbocycles.